The highest BCUT2D eigenvalue weighted by atomic mass is 31.2. The summed E-state index contributed by atoms with van der Waals surface area (Å²) in [6.45, 7) is -0.292. The molecule has 1 saturated heterocycles. The third-order valence-electron chi connectivity index (χ3n) is 10.8. The number of piperidine rings is 1. The van der Waals surface area contributed by atoms with Crippen molar-refractivity contribution < 1.29 is 62.9 Å². The van der Waals surface area contributed by atoms with E-state index in [4.69, 9.17) is 15.6 Å². The van der Waals surface area contributed by atoms with E-state index in [0.717, 1.165) is 16.3 Å². The fraction of sp³-hybridized carbons (Fsp3) is 0.341. The molecule has 9 N–H and O–H groups in total. The van der Waals surface area contributed by atoms with Crippen LogP contribution < -0.4 is 21.7 Å². The fourth-order valence-electron chi connectivity index (χ4n) is 7.40. The minimum Gasteiger partial charge on any atom is -0.481 e. The molecule has 0 aliphatic carbocycles. The second-order valence-corrected chi connectivity index (χ2v) is 17.1. The molecule has 1 heterocycles. The van der Waals surface area contributed by atoms with Crippen LogP contribution in [-0.4, -0.2) is 97.8 Å². The van der Waals surface area contributed by atoms with Gasteiger partial charge >= 0.3 is 25.6 Å². The van der Waals surface area contributed by atoms with Gasteiger partial charge in [-0.05, 0) is 77.3 Å². The second kappa shape index (κ2) is 21.4. The third kappa shape index (κ3) is 13.9. The van der Waals surface area contributed by atoms with Crippen LogP contribution in [0.25, 0.3) is 10.8 Å². The average molecular weight is 888 g/mol. The molecule has 0 bridgehead atoms. The van der Waals surface area contributed by atoms with E-state index in [0.29, 0.717) is 29.5 Å². The molecule has 63 heavy (non-hydrogen) atoms. The lowest BCUT2D eigenvalue weighted by molar-refractivity contribution is -0.143. The molecule has 18 nitrogen and oxygen atoms in total. The molecule has 4 aromatic carbocycles. The molecule has 0 saturated carbocycles. The van der Waals surface area contributed by atoms with Crippen LogP contribution in [-0.2, 0) is 58.9 Å². The first-order valence-corrected chi connectivity index (χ1v) is 21.9. The molecular weight excluding hydrogens is 837 g/mol. The SMILES string of the molecule is NC(=O)C[C@H](NC(=O)C1(NC(=O)[C@@H](CC(=O)O)Cc2ccc(CP(=O)(O)O)cc2)CCN(C(=O)OCc2ccc(C(=O)O)cc2)CC1)C(=O)NCCCc1cccc2ccccc12. The Balaban J connectivity index is 1.31. The van der Waals surface area contributed by atoms with Gasteiger partial charge in [-0.1, -0.05) is 78.9 Å². The smallest absolute Gasteiger partial charge is 0.410 e. The Bertz CT molecular complexity index is 2350. The first-order chi connectivity index (χ1) is 29.9. The van der Waals surface area contributed by atoms with Gasteiger partial charge in [-0.15, -0.1) is 0 Å². The maximum atomic E-state index is 14.4. The number of carbonyl (C=O) groups is 7. The highest BCUT2D eigenvalue weighted by molar-refractivity contribution is 7.50. The molecule has 1 aliphatic heterocycles. The fourth-order valence-corrected chi connectivity index (χ4v) is 8.09. The number of nitrogens with one attached hydrogen (secondary N) is 3. The van der Waals surface area contributed by atoms with E-state index < -0.39 is 85.8 Å². The van der Waals surface area contributed by atoms with Gasteiger partial charge in [-0.25, -0.2) is 9.59 Å². The van der Waals surface area contributed by atoms with E-state index in [1.807, 2.05) is 42.5 Å². The van der Waals surface area contributed by atoms with Crippen molar-refractivity contribution >= 4 is 60.0 Å². The number of nitrogens with two attached hydrogens (primary N) is 1. The first-order valence-electron chi connectivity index (χ1n) is 20.1. The van der Waals surface area contributed by atoms with Crippen molar-refractivity contribution in [3.63, 3.8) is 0 Å². The van der Waals surface area contributed by atoms with Gasteiger partial charge in [0.15, 0.2) is 0 Å². The Morgan fingerprint density at radius 3 is 2.06 bits per heavy atom. The number of aliphatic carboxylic acids is 1. The number of hydrogen-bond acceptors (Lipinski definition) is 9. The maximum Gasteiger partial charge on any atom is 0.410 e. The summed E-state index contributed by atoms with van der Waals surface area (Å²) >= 11 is 0. The van der Waals surface area contributed by atoms with E-state index in [2.05, 4.69) is 16.0 Å². The molecule has 2 atom stereocenters. The number of carboxylic acid groups (broad SMARTS) is 2. The average Bonchev–Trinajstić information content (AvgIpc) is 3.24. The highest BCUT2D eigenvalue weighted by Gasteiger charge is 2.46. The van der Waals surface area contributed by atoms with Crippen LogP contribution in [0.4, 0.5) is 4.79 Å². The van der Waals surface area contributed by atoms with Crippen molar-refractivity contribution in [3.05, 3.63) is 119 Å². The van der Waals surface area contributed by atoms with Gasteiger partial charge in [0.2, 0.25) is 23.6 Å². The van der Waals surface area contributed by atoms with E-state index in [-0.39, 0.29) is 51.1 Å². The van der Waals surface area contributed by atoms with Crippen LogP contribution >= 0.6 is 7.60 Å². The number of aromatic carboxylic acids is 1. The van der Waals surface area contributed by atoms with Crippen LogP contribution in [0.2, 0.25) is 0 Å². The van der Waals surface area contributed by atoms with E-state index >= 15 is 0 Å². The lowest BCUT2D eigenvalue weighted by Gasteiger charge is -2.41. The van der Waals surface area contributed by atoms with Crippen molar-refractivity contribution in [1.29, 1.82) is 0 Å². The van der Waals surface area contributed by atoms with Crippen LogP contribution in [0, 0.1) is 5.92 Å². The summed E-state index contributed by atoms with van der Waals surface area (Å²) in [6.07, 6.45) is -1.97. The summed E-state index contributed by atoms with van der Waals surface area (Å²) in [6, 6.07) is 24.0. The zero-order chi connectivity index (χ0) is 45.7. The predicted molar refractivity (Wildman–Crippen MR) is 228 cm³/mol. The molecule has 5 amide bonds. The van der Waals surface area contributed by atoms with Crippen molar-refractivity contribution in [3.8, 4) is 0 Å². The van der Waals surface area contributed by atoms with Gasteiger partial charge in [0.25, 0.3) is 0 Å². The largest absolute Gasteiger partial charge is 0.481 e. The number of hydrogen-bond donors (Lipinski definition) is 8. The van der Waals surface area contributed by atoms with Crippen molar-refractivity contribution in [2.75, 3.05) is 19.6 Å². The summed E-state index contributed by atoms with van der Waals surface area (Å²) in [5.41, 5.74) is 6.11. The standard InChI is InChI=1S/C44H50N5O13P/c45-37(50)25-36(40(54)46-20-4-8-32-7-3-6-31-5-1-2-9-35(31)32)47-42(57)44(18-21-49(22-19-44)43(58)62-26-29-14-16-33(17-15-29)41(55)56)48-39(53)34(24-38(51)52)23-28-10-12-30(13-11-28)27-63(59,60)61/h1-3,5-7,9-17,34,36H,4,8,18-27H2,(H2,45,50)(H,46,54)(H,47,57)(H,48,53)(H,51,52)(H,55,56)(H2,59,60,61)/t34-,36+/m1/s1. The van der Waals surface area contributed by atoms with Crippen LogP contribution in [0.1, 0.15) is 64.7 Å². The number of benzene rings is 4. The number of amides is 5. The molecule has 334 valence electrons. The van der Waals surface area contributed by atoms with Crippen LogP contribution in [0.15, 0.2) is 91.0 Å². The van der Waals surface area contributed by atoms with E-state index in [1.54, 1.807) is 0 Å². The number of rotatable bonds is 20. The number of primary amides is 1. The summed E-state index contributed by atoms with van der Waals surface area (Å²) < 4.78 is 16.9. The Labute approximate surface area is 362 Å². The predicted octanol–water partition coefficient (Wildman–Crippen LogP) is 3.25. The Kier molecular flexibility index (Phi) is 16.1. The monoisotopic (exact) mass is 887 g/mol. The molecule has 4 aromatic rings. The molecule has 0 unspecified atom stereocenters. The second-order valence-electron chi connectivity index (χ2n) is 15.5. The first kappa shape index (κ1) is 47.4. The van der Waals surface area contributed by atoms with E-state index in [1.165, 1.54) is 53.4 Å². The Morgan fingerprint density at radius 2 is 1.43 bits per heavy atom. The Morgan fingerprint density at radius 1 is 0.794 bits per heavy atom. The van der Waals surface area contributed by atoms with Gasteiger partial charge in [0.05, 0.1) is 30.5 Å². The zero-order valence-corrected chi connectivity index (χ0v) is 35.1. The Hall–Kier alpha value is -6.62. The number of carbonyl (C=O) groups excluding carboxylic acids is 5. The molecular formula is C44H50N5O13P. The zero-order valence-electron chi connectivity index (χ0n) is 34.2. The summed E-state index contributed by atoms with van der Waals surface area (Å²) in [5, 5.41) is 29.1. The van der Waals surface area contributed by atoms with Gasteiger partial charge in [0, 0.05) is 19.6 Å². The molecule has 1 fully saturated rings. The maximum absolute atomic E-state index is 14.4. The lowest BCUT2D eigenvalue weighted by Crippen LogP contribution is -2.66. The number of likely N-dealkylation sites (tertiary alicyclic amines) is 1. The number of nitrogens with zero attached hydrogens (tertiary/aromatic N) is 1. The number of carboxylic acids is 2. The molecule has 5 rings (SSSR count). The summed E-state index contributed by atoms with van der Waals surface area (Å²) in [4.78, 5) is 111. The van der Waals surface area contributed by atoms with E-state index in [9.17, 15) is 53.0 Å². The van der Waals surface area contributed by atoms with Crippen molar-refractivity contribution in [2.24, 2.45) is 11.7 Å². The van der Waals surface area contributed by atoms with Gasteiger partial charge in [0.1, 0.15) is 18.2 Å². The van der Waals surface area contributed by atoms with Gasteiger partial charge in [-0.3, -0.25) is 28.5 Å². The molecule has 1 aliphatic rings. The van der Waals surface area contributed by atoms with Crippen LogP contribution in [0.5, 0.6) is 0 Å². The minimum absolute atomic E-state index is 0.0480. The third-order valence-corrected chi connectivity index (χ3v) is 11.5. The molecule has 0 spiro atoms. The number of ether oxygens (including phenoxy) is 1. The summed E-state index contributed by atoms with van der Waals surface area (Å²) in [5.74, 6) is -7.00. The molecule has 0 aromatic heterocycles. The summed E-state index contributed by atoms with van der Waals surface area (Å²) in [7, 11) is -4.37. The molecule has 0 radical (unpaired) electrons. The number of aryl methyl sites for hydroxylation is 1. The normalized spacial score (nSPS) is 14.5. The molecule has 19 heteroatoms. The topological polar surface area (TPSA) is 292 Å². The van der Waals surface area contributed by atoms with Gasteiger partial charge in [-0.2, -0.15) is 0 Å². The van der Waals surface area contributed by atoms with Crippen molar-refractivity contribution in [1.82, 2.24) is 20.9 Å². The highest BCUT2D eigenvalue weighted by Crippen LogP contribution is 2.39. The quantitative estimate of drug-likeness (QED) is 0.0468. The number of fused-ring (bicyclic) bond motifs is 1. The van der Waals surface area contributed by atoms with Crippen molar-refractivity contribution in [2.45, 2.75) is 69.3 Å². The lowest BCUT2D eigenvalue weighted by atomic mass is 9.84. The minimum atomic E-state index is -4.37. The van der Waals surface area contributed by atoms with Crippen LogP contribution in [0.3, 0.4) is 0 Å². The van der Waals surface area contributed by atoms with Gasteiger partial charge < -0.3 is 51.3 Å².